The number of esters is 1. The molecule has 0 saturated carbocycles. The molecule has 1 N–H and O–H groups in total. The van der Waals surface area contributed by atoms with Crippen LogP contribution in [0, 0.1) is 0 Å². The second kappa shape index (κ2) is 9.81. The van der Waals surface area contributed by atoms with Crippen molar-refractivity contribution in [3.8, 4) is 23.0 Å². The molecule has 0 fully saturated rings. The first-order chi connectivity index (χ1) is 15.9. The normalized spacial score (nSPS) is 12.0. The van der Waals surface area contributed by atoms with Gasteiger partial charge in [-0.1, -0.05) is 23.2 Å². The van der Waals surface area contributed by atoms with Gasteiger partial charge >= 0.3 is 5.97 Å². The van der Waals surface area contributed by atoms with Gasteiger partial charge in [-0.2, -0.15) is 5.10 Å². The van der Waals surface area contributed by atoms with Crippen molar-refractivity contribution in [2.24, 2.45) is 5.10 Å². The van der Waals surface area contributed by atoms with Crippen LogP contribution in [0.15, 0.2) is 59.7 Å². The Labute approximate surface area is 198 Å². The van der Waals surface area contributed by atoms with Gasteiger partial charge in [0.05, 0.1) is 28.9 Å². The number of rotatable bonds is 6. The first-order valence-corrected chi connectivity index (χ1v) is 10.3. The molecule has 0 aliphatic carbocycles. The topological polar surface area (TPSA) is 95.5 Å². The molecule has 0 bridgehead atoms. The van der Waals surface area contributed by atoms with E-state index in [9.17, 15) is 9.59 Å². The number of hydrazone groups is 1. The van der Waals surface area contributed by atoms with Gasteiger partial charge < -0.3 is 18.9 Å². The number of nitrogens with zero attached hydrogens (tertiary/aromatic N) is 1. The molecule has 1 amide bonds. The van der Waals surface area contributed by atoms with Gasteiger partial charge in [-0.3, -0.25) is 4.79 Å². The number of methoxy groups -OCH3 is 1. The summed E-state index contributed by atoms with van der Waals surface area (Å²) in [6, 6.07) is 14.1. The number of fused-ring (bicyclic) bond motifs is 1. The van der Waals surface area contributed by atoms with Crippen molar-refractivity contribution in [2.75, 3.05) is 13.9 Å². The number of carbonyl (C=O) groups excluding carboxylic acids is 2. The standard InChI is InChI=1S/C23H16Cl2N2O6/c1-30-20-8-13(2-6-19(20)33-23(29)15-3-5-16(24)17(25)9-15)11-26-27-22(28)14-4-7-18-21(10-14)32-12-31-18/h2-11H,12H2,1H3,(H,27,28)/b26-11-. The Morgan fingerprint density at radius 1 is 0.939 bits per heavy atom. The van der Waals surface area contributed by atoms with Crippen molar-refractivity contribution in [3.63, 3.8) is 0 Å². The van der Waals surface area contributed by atoms with Gasteiger partial charge in [-0.05, 0) is 60.2 Å². The van der Waals surface area contributed by atoms with E-state index in [4.69, 9.17) is 42.1 Å². The molecular weight excluding hydrogens is 471 g/mol. The van der Waals surface area contributed by atoms with E-state index < -0.39 is 11.9 Å². The molecule has 0 spiro atoms. The van der Waals surface area contributed by atoms with Crippen LogP contribution in [0.5, 0.6) is 23.0 Å². The number of carbonyl (C=O) groups is 2. The third kappa shape index (κ3) is 5.19. The predicted molar refractivity (Wildman–Crippen MR) is 122 cm³/mol. The molecule has 0 radical (unpaired) electrons. The first-order valence-electron chi connectivity index (χ1n) is 9.53. The van der Waals surface area contributed by atoms with E-state index in [1.807, 2.05) is 0 Å². The van der Waals surface area contributed by atoms with E-state index in [0.29, 0.717) is 33.4 Å². The van der Waals surface area contributed by atoms with Gasteiger partial charge in [0.2, 0.25) is 6.79 Å². The molecule has 0 unspecified atom stereocenters. The summed E-state index contributed by atoms with van der Waals surface area (Å²) >= 11 is 11.8. The van der Waals surface area contributed by atoms with Crippen molar-refractivity contribution < 1.29 is 28.5 Å². The SMILES string of the molecule is COc1cc(/C=N\NC(=O)c2ccc3c(c2)OCO3)ccc1OC(=O)c1ccc(Cl)c(Cl)c1. The summed E-state index contributed by atoms with van der Waals surface area (Å²) < 4.78 is 21.2. The van der Waals surface area contributed by atoms with Crippen LogP contribution < -0.4 is 24.4 Å². The Hall–Kier alpha value is -3.75. The largest absolute Gasteiger partial charge is 0.493 e. The van der Waals surface area contributed by atoms with Gasteiger partial charge in [0.1, 0.15) is 0 Å². The van der Waals surface area contributed by atoms with Crippen molar-refractivity contribution in [3.05, 3.63) is 81.3 Å². The molecular formula is C23H16Cl2N2O6. The van der Waals surface area contributed by atoms with Crippen LogP contribution in [0.1, 0.15) is 26.3 Å². The highest BCUT2D eigenvalue weighted by Gasteiger charge is 2.16. The van der Waals surface area contributed by atoms with E-state index in [-0.39, 0.29) is 23.1 Å². The zero-order chi connectivity index (χ0) is 23.4. The Morgan fingerprint density at radius 3 is 2.52 bits per heavy atom. The van der Waals surface area contributed by atoms with Gasteiger partial charge in [0.25, 0.3) is 5.91 Å². The van der Waals surface area contributed by atoms with E-state index in [1.54, 1.807) is 36.4 Å². The lowest BCUT2D eigenvalue weighted by Crippen LogP contribution is -2.17. The molecule has 1 heterocycles. The average molecular weight is 487 g/mol. The number of nitrogens with one attached hydrogen (secondary N) is 1. The molecule has 1 aliphatic heterocycles. The lowest BCUT2D eigenvalue weighted by molar-refractivity contribution is 0.0729. The molecule has 1 aliphatic rings. The summed E-state index contributed by atoms with van der Waals surface area (Å²) in [5, 5.41) is 4.53. The smallest absolute Gasteiger partial charge is 0.343 e. The average Bonchev–Trinajstić information content (AvgIpc) is 3.29. The fraction of sp³-hybridized carbons (Fsp3) is 0.0870. The highest BCUT2D eigenvalue weighted by molar-refractivity contribution is 6.42. The van der Waals surface area contributed by atoms with Gasteiger partial charge in [0, 0.05) is 5.56 Å². The van der Waals surface area contributed by atoms with E-state index in [1.165, 1.54) is 31.5 Å². The van der Waals surface area contributed by atoms with Crippen LogP contribution in [0.3, 0.4) is 0 Å². The summed E-state index contributed by atoms with van der Waals surface area (Å²) in [6.45, 7) is 0.124. The van der Waals surface area contributed by atoms with E-state index >= 15 is 0 Å². The van der Waals surface area contributed by atoms with Crippen molar-refractivity contribution in [1.82, 2.24) is 5.43 Å². The van der Waals surface area contributed by atoms with Crippen LogP contribution >= 0.6 is 23.2 Å². The maximum Gasteiger partial charge on any atom is 0.343 e. The number of ether oxygens (including phenoxy) is 4. The third-order valence-electron chi connectivity index (χ3n) is 4.56. The lowest BCUT2D eigenvalue weighted by Gasteiger charge is -2.10. The minimum absolute atomic E-state index is 0.124. The van der Waals surface area contributed by atoms with Gasteiger partial charge in [-0.15, -0.1) is 0 Å². The van der Waals surface area contributed by atoms with Crippen molar-refractivity contribution in [1.29, 1.82) is 0 Å². The Bertz CT molecular complexity index is 1260. The summed E-state index contributed by atoms with van der Waals surface area (Å²) in [5.74, 6) is 0.557. The minimum atomic E-state index is -0.621. The van der Waals surface area contributed by atoms with Crippen LogP contribution in [0.4, 0.5) is 0 Å². The molecule has 0 atom stereocenters. The maximum absolute atomic E-state index is 12.4. The number of halogens is 2. The number of hydrogen-bond acceptors (Lipinski definition) is 7. The zero-order valence-electron chi connectivity index (χ0n) is 17.1. The van der Waals surface area contributed by atoms with Crippen molar-refractivity contribution >= 4 is 41.3 Å². The third-order valence-corrected chi connectivity index (χ3v) is 5.30. The molecule has 3 aromatic rings. The van der Waals surface area contributed by atoms with Gasteiger partial charge in [0.15, 0.2) is 23.0 Å². The Morgan fingerprint density at radius 2 is 1.73 bits per heavy atom. The molecule has 0 aromatic heterocycles. The first kappa shape index (κ1) is 22.4. The summed E-state index contributed by atoms with van der Waals surface area (Å²) in [4.78, 5) is 24.7. The zero-order valence-corrected chi connectivity index (χ0v) is 18.6. The highest BCUT2D eigenvalue weighted by Crippen LogP contribution is 2.32. The number of hydrogen-bond donors (Lipinski definition) is 1. The van der Waals surface area contributed by atoms with Crippen LogP contribution in [-0.4, -0.2) is 32.0 Å². The van der Waals surface area contributed by atoms with Crippen molar-refractivity contribution in [2.45, 2.75) is 0 Å². The Kier molecular flexibility index (Phi) is 6.67. The van der Waals surface area contributed by atoms with Crippen LogP contribution in [0.25, 0.3) is 0 Å². The second-order valence-electron chi connectivity index (χ2n) is 6.70. The lowest BCUT2D eigenvalue weighted by atomic mass is 10.2. The van der Waals surface area contributed by atoms with E-state index in [0.717, 1.165) is 0 Å². The molecule has 33 heavy (non-hydrogen) atoms. The summed E-state index contributed by atoms with van der Waals surface area (Å²) in [5.41, 5.74) is 3.66. The molecule has 168 valence electrons. The fourth-order valence-electron chi connectivity index (χ4n) is 2.90. The molecule has 0 saturated heterocycles. The second-order valence-corrected chi connectivity index (χ2v) is 7.51. The van der Waals surface area contributed by atoms with Crippen LogP contribution in [0.2, 0.25) is 10.0 Å². The summed E-state index contributed by atoms with van der Waals surface area (Å²) in [6.07, 6.45) is 1.43. The molecule has 8 nitrogen and oxygen atoms in total. The monoisotopic (exact) mass is 486 g/mol. The minimum Gasteiger partial charge on any atom is -0.493 e. The van der Waals surface area contributed by atoms with Gasteiger partial charge in [-0.25, -0.2) is 10.2 Å². The Balaban J connectivity index is 1.41. The fourth-order valence-corrected chi connectivity index (χ4v) is 3.20. The highest BCUT2D eigenvalue weighted by atomic mass is 35.5. The van der Waals surface area contributed by atoms with Crippen LogP contribution in [-0.2, 0) is 0 Å². The maximum atomic E-state index is 12.4. The quantitative estimate of drug-likeness (QED) is 0.234. The molecule has 4 rings (SSSR count). The predicted octanol–water partition coefficient (Wildman–Crippen LogP) is 4.71. The number of amides is 1. The van der Waals surface area contributed by atoms with E-state index in [2.05, 4.69) is 10.5 Å². The number of benzene rings is 3. The summed E-state index contributed by atoms with van der Waals surface area (Å²) in [7, 11) is 1.44. The molecule has 10 heteroatoms. The molecule has 3 aromatic carbocycles.